The minimum atomic E-state index is -2.21. The van der Waals surface area contributed by atoms with Crippen molar-refractivity contribution in [3.63, 3.8) is 0 Å². The lowest BCUT2D eigenvalue weighted by Gasteiger charge is -2.46. The molecule has 0 aromatic heterocycles. The molecule has 1 heterocycles. The summed E-state index contributed by atoms with van der Waals surface area (Å²) >= 11 is 0. The predicted molar refractivity (Wildman–Crippen MR) is 49.1 cm³/mol. The van der Waals surface area contributed by atoms with E-state index in [1.165, 1.54) is 0 Å². The van der Waals surface area contributed by atoms with Gasteiger partial charge >= 0.3 is 0 Å². The van der Waals surface area contributed by atoms with E-state index in [0.29, 0.717) is 12.1 Å². The van der Waals surface area contributed by atoms with Crippen molar-refractivity contribution in [3.8, 4) is 0 Å². The van der Waals surface area contributed by atoms with Crippen LogP contribution in [-0.4, -0.2) is 55.0 Å². The predicted octanol–water partition coefficient (Wildman–Crippen LogP) is 1.28. The molecular formula is C9H18F2N2. The van der Waals surface area contributed by atoms with Crippen LogP contribution in [0.4, 0.5) is 8.78 Å². The first-order chi connectivity index (χ1) is 6.00. The number of alkyl halides is 2. The second-order valence-corrected chi connectivity index (χ2v) is 4.03. The van der Waals surface area contributed by atoms with Gasteiger partial charge in [0.1, 0.15) is 0 Å². The summed E-state index contributed by atoms with van der Waals surface area (Å²) in [6.45, 7) is 6.02. The SMILES string of the molecule is CC(C)N1CC(N(C)CC(F)F)C1. The maximum atomic E-state index is 12.0. The molecule has 0 radical (unpaired) electrons. The monoisotopic (exact) mass is 192 g/mol. The Hall–Kier alpha value is -0.220. The second-order valence-electron chi connectivity index (χ2n) is 4.03. The molecule has 0 aromatic rings. The lowest BCUT2D eigenvalue weighted by atomic mass is 10.1. The van der Waals surface area contributed by atoms with Gasteiger partial charge in [0.05, 0.1) is 6.54 Å². The van der Waals surface area contributed by atoms with Crippen LogP contribution in [0.2, 0.25) is 0 Å². The molecule has 0 aliphatic carbocycles. The quantitative estimate of drug-likeness (QED) is 0.662. The molecule has 0 spiro atoms. The Balaban J connectivity index is 2.19. The van der Waals surface area contributed by atoms with Crippen molar-refractivity contribution in [2.45, 2.75) is 32.4 Å². The molecule has 1 aliphatic heterocycles. The third-order valence-electron chi connectivity index (χ3n) is 2.67. The largest absolute Gasteiger partial charge is 0.298 e. The lowest BCUT2D eigenvalue weighted by Crippen LogP contribution is -2.60. The Labute approximate surface area is 78.5 Å². The maximum absolute atomic E-state index is 12.0. The summed E-state index contributed by atoms with van der Waals surface area (Å²) in [6, 6.07) is 0.868. The molecule has 1 rings (SSSR count). The average molecular weight is 192 g/mol. The summed E-state index contributed by atoms with van der Waals surface area (Å²) in [6.07, 6.45) is -2.21. The zero-order chi connectivity index (χ0) is 10.0. The Morgan fingerprint density at radius 1 is 1.38 bits per heavy atom. The van der Waals surface area contributed by atoms with Crippen LogP contribution in [0.25, 0.3) is 0 Å². The molecule has 0 unspecified atom stereocenters. The van der Waals surface area contributed by atoms with E-state index in [4.69, 9.17) is 0 Å². The fourth-order valence-electron chi connectivity index (χ4n) is 1.56. The lowest BCUT2D eigenvalue weighted by molar-refractivity contribution is -0.00147. The van der Waals surface area contributed by atoms with E-state index >= 15 is 0 Å². The summed E-state index contributed by atoms with van der Waals surface area (Å²) in [5, 5.41) is 0. The van der Waals surface area contributed by atoms with Gasteiger partial charge in [-0.25, -0.2) is 8.78 Å². The zero-order valence-electron chi connectivity index (χ0n) is 8.50. The van der Waals surface area contributed by atoms with Gasteiger partial charge in [0.25, 0.3) is 6.43 Å². The Kier molecular flexibility index (Phi) is 3.62. The summed E-state index contributed by atoms with van der Waals surface area (Å²) in [7, 11) is 1.77. The molecule has 1 fully saturated rings. The molecule has 2 nitrogen and oxygen atoms in total. The van der Waals surface area contributed by atoms with Crippen LogP contribution in [0.1, 0.15) is 13.8 Å². The summed E-state index contributed by atoms with van der Waals surface area (Å²) in [5.74, 6) is 0. The average Bonchev–Trinajstić information content (AvgIpc) is 1.79. The smallest absolute Gasteiger partial charge is 0.251 e. The minimum Gasteiger partial charge on any atom is -0.298 e. The second kappa shape index (κ2) is 4.33. The van der Waals surface area contributed by atoms with Gasteiger partial charge in [-0.1, -0.05) is 0 Å². The van der Waals surface area contributed by atoms with Crippen LogP contribution in [0.15, 0.2) is 0 Å². The van der Waals surface area contributed by atoms with Crippen molar-refractivity contribution < 1.29 is 8.78 Å². The first-order valence-electron chi connectivity index (χ1n) is 4.73. The third-order valence-corrected chi connectivity index (χ3v) is 2.67. The normalized spacial score (nSPS) is 20.3. The minimum absolute atomic E-state index is 0.101. The van der Waals surface area contributed by atoms with Gasteiger partial charge in [-0.05, 0) is 20.9 Å². The molecule has 0 aromatic carbocycles. The zero-order valence-corrected chi connectivity index (χ0v) is 8.50. The van der Waals surface area contributed by atoms with Crippen LogP contribution in [0.5, 0.6) is 0 Å². The summed E-state index contributed by atoms with van der Waals surface area (Å²) < 4.78 is 24.0. The molecule has 1 saturated heterocycles. The summed E-state index contributed by atoms with van der Waals surface area (Å²) in [4.78, 5) is 4.04. The van der Waals surface area contributed by atoms with E-state index in [0.717, 1.165) is 13.1 Å². The molecule has 78 valence electrons. The molecule has 1 aliphatic rings. The van der Waals surface area contributed by atoms with E-state index < -0.39 is 6.43 Å². The van der Waals surface area contributed by atoms with Crippen LogP contribution in [0, 0.1) is 0 Å². The number of likely N-dealkylation sites (N-methyl/N-ethyl adjacent to an activating group) is 1. The molecule has 0 atom stereocenters. The highest BCUT2D eigenvalue weighted by molar-refractivity contribution is 4.88. The van der Waals surface area contributed by atoms with Gasteiger partial charge in [-0.15, -0.1) is 0 Å². The topological polar surface area (TPSA) is 6.48 Å². The van der Waals surface area contributed by atoms with Gasteiger partial charge in [0.15, 0.2) is 0 Å². The highest BCUT2D eigenvalue weighted by atomic mass is 19.3. The van der Waals surface area contributed by atoms with Crippen molar-refractivity contribution in [3.05, 3.63) is 0 Å². The van der Waals surface area contributed by atoms with E-state index in [1.54, 1.807) is 11.9 Å². The molecule has 0 saturated carbocycles. The van der Waals surface area contributed by atoms with Gasteiger partial charge < -0.3 is 0 Å². The molecular weight excluding hydrogens is 174 g/mol. The number of halogens is 2. The molecule has 0 N–H and O–H groups in total. The van der Waals surface area contributed by atoms with Crippen molar-refractivity contribution >= 4 is 0 Å². The van der Waals surface area contributed by atoms with Crippen LogP contribution in [-0.2, 0) is 0 Å². The Morgan fingerprint density at radius 3 is 2.31 bits per heavy atom. The number of hydrogen-bond acceptors (Lipinski definition) is 2. The first-order valence-corrected chi connectivity index (χ1v) is 4.73. The number of likely N-dealkylation sites (tertiary alicyclic amines) is 1. The fourth-order valence-corrected chi connectivity index (χ4v) is 1.56. The third kappa shape index (κ3) is 2.88. The standard InChI is InChI=1S/C9H18F2N2/c1-7(2)13-4-8(5-13)12(3)6-9(10)11/h7-9H,4-6H2,1-3H3. The van der Waals surface area contributed by atoms with Crippen LogP contribution < -0.4 is 0 Å². The molecule has 0 bridgehead atoms. The van der Waals surface area contributed by atoms with Crippen LogP contribution in [0.3, 0.4) is 0 Å². The number of hydrogen-bond donors (Lipinski definition) is 0. The van der Waals surface area contributed by atoms with Gasteiger partial charge in [-0.2, -0.15) is 0 Å². The maximum Gasteiger partial charge on any atom is 0.251 e. The van der Waals surface area contributed by atoms with E-state index in [-0.39, 0.29) is 6.54 Å². The van der Waals surface area contributed by atoms with Gasteiger partial charge in [0, 0.05) is 25.2 Å². The Morgan fingerprint density at radius 2 is 1.92 bits per heavy atom. The summed E-state index contributed by atoms with van der Waals surface area (Å²) in [5.41, 5.74) is 0. The van der Waals surface area contributed by atoms with Crippen LogP contribution >= 0.6 is 0 Å². The molecule has 13 heavy (non-hydrogen) atoms. The van der Waals surface area contributed by atoms with Gasteiger partial charge in [0.2, 0.25) is 0 Å². The molecule has 4 heteroatoms. The van der Waals surface area contributed by atoms with Crippen molar-refractivity contribution in [1.82, 2.24) is 9.80 Å². The Bertz CT molecular complexity index is 156. The highest BCUT2D eigenvalue weighted by Gasteiger charge is 2.31. The van der Waals surface area contributed by atoms with E-state index in [2.05, 4.69) is 18.7 Å². The first kappa shape index (κ1) is 10.9. The number of nitrogens with zero attached hydrogens (tertiary/aromatic N) is 2. The van der Waals surface area contributed by atoms with Crippen molar-refractivity contribution in [1.29, 1.82) is 0 Å². The fraction of sp³-hybridized carbons (Fsp3) is 1.00. The highest BCUT2D eigenvalue weighted by Crippen LogP contribution is 2.16. The molecule has 0 amide bonds. The van der Waals surface area contributed by atoms with E-state index in [9.17, 15) is 8.78 Å². The van der Waals surface area contributed by atoms with Gasteiger partial charge in [-0.3, -0.25) is 9.80 Å². The number of rotatable bonds is 4. The van der Waals surface area contributed by atoms with Crippen molar-refractivity contribution in [2.75, 3.05) is 26.7 Å². The van der Waals surface area contributed by atoms with E-state index in [1.807, 2.05) is 0 Å². The van der Waals surface area contributed by atoms with Crippen molar-refractivity contribution in [2.24, 2.45) is 0 Å².